The van der Waals surface area contributed by atoms with E-state index in [1.165, 1.54) is 0 Å². The smallest absolute Gasteiger partial charge is 0.342 e. The maximum Gasteiger partial charge on any atom is 0.342 e. The molecule has 0 saturated heterocycles. The van der Waals surface area contributed by atoms with Gasteiger partial charge in [0.2, 0.25) is 0 Å². The van der Waals surface area contributed by atoms with Crippen LogP contribution in [-0.4, -0.2) is 17.2 Å². The molecule has 0 radical (unpaired) electrons. The van der Waals surface area contributed by atoms with Gasteiger partial charge in [0.25, 0.3) is 0 Å². The van der Waals surface area contributed by atoms with Crippen LogP contribution in [0.25, 0.3) is 0 Å². The van der Waals surface area contributed by atoms with Gasteiger partial charge in [-0.25, -0.2) is 4.79 Å². The highest BCUT2D eigenvalue weighted by atomic mass is 16.5. The van der Waals surface area contributed by atoms with E-state index in [1.807, 2.05) is 19.1 Å². The van der Waals surface area contributed by atoms with Gasteiger partial charge in [-0.1, -0.05) is 19.1 Å². The maximum atomic E-state index is 11.7. The molecule has 0 fully saturated rings. The van der Waals surface area contributed by atoms with Gasteiger partial charge in [-0.2, -0.15) is 0 Å². The summed E-state index contributed by atoms with van der Waals surface area (Å²) < 4.78 is 5.25. The molecule has 0 amide bonds. The topological polar surface area (TPSA) is 46.5 Å². The summed E-state index contributed by atoms with van der Waals surface area (Å²) in [6.45, 7) is 5.73. The summed E-state index contributed by atoms with van der Waals surface area (Å²) in [5.41, 5.74) is 1.97. The SMILES string of the molecule is CC[C@H]1c2ccc(C)c(O)c2C(=O)O[C@H]1C. The molecule has 2 rings (SSSR count). The lowest BCUT2D eigenvalue weighted by Crippen LogP contribution is -2.29. The van der Waals surface area contributed by atoms with Crippen molar-refractivity contribution in [2.45, 2.75) is 39.2 Å². The molecular formula is C13H16O3. The first kappa shape index (κ1) is 11.0. The summed E-state index contributed by atoms with van der Waals surface area (Å²) in [5.74, 6) is -0.166. The van der Waals surface area contributed by atoms with Crippen molar-refractivity contribution in [2.75, 3.05) is 0 Å². The molecular weight excluding hydrogens is 204 g/mol. The molecule has 1 aliphatic heterocycles. The van der Waals surface area contributed by atoms with Gasteiger partial charge in [0.05, 0.1) is 0 Å². The lowest BCUT2D eigenvalue weighted by molar-refractivity contribution is 0.0217. The highest BCUT2D eigenvalue weighted by molar-refractivity contribution is 5.96. The second-order valence-electron chi connectivity index (χ2n) is 4.32. The Bertz CT molecular complexity index is 437. The van der Waals surface area contributed by atoms with Gasteiger partial charge in [-0.15, -0.1) is 0 Å². The Morgan fingerprint density at radius 2 is 2.12 bits per heavy atom. The van der Waals surface area contributed by atoms with Crippen LogP contribution in [-0.2, 0) is 4.74 Å². The number of carbonyl (C=O) groups excluding carboxylic acids is 1. The zero-order valence-corrected chi connectivity index (χ0v) is 9.78. The standard InChI is InChI=1S/C13H16O3/c1-4-9-8(3)16-13(15)11-10(9)6-5-7(2)12(11)14/h5-6,8-9,14H,4H2,1-3H3/t8-,9+/m0/s1. The monoisotopic (exact) mass is 220 g/mol. The molecule has 86 valence electrons. The molecule has 1 aliphatic rings. The van der Waals surface area contributed by atoms with E-state index in [0.29, 0.717) is 11.1 Å². The van der Waals surface area contributed by atoms with Gasteiger partial charge >= 0.3 is 5.97 Å². The van der Waals surface area contributed by atoms with Crippen LogP contribution in [0.15, 0.2) is 12.1 Å². The van der Waals surface area contributed by atoms with Crippen molar-refractivity contribution >= 4 is 5.97 Å². The van der Waals surface area contributed by atoms with Crippen LogP contribution in [0.4, 0.5) is 0 Å². The third-order valence-electron chi connectivity index (χ3n) is 3.31. The van der Waals surface area contributed by atoms with Crippen molar-refractivity contribution in [3.63, 3.8) is 0 Å². The maximum absolute atomic E-state index is 11.7. The lowest BCUT2D eigenvalue weighted by Gasteiger charge is -2.30. The summed E-state index contributed by atoms with van der Waals surface area (Å²) in [7, 11) is 0. The van der Waals surface area contributed by atoms with E-state index in [0.717, 1.165) is 12.0 Å². The number of rotatable bonds is 1. The Hall–Kier alpha value is -1.51. The number of esters is 1. The van der Waals surface area contributed by atoms with Crippen molar-refractivity contribution in [1.82, 2.24) is 0 Å². The Morgan fingerprint density at radius 3 is 2.75 bits per heavy atom. The third-order valence-corrected chi connectivity index (χ3v) is 3.31. The van der Waals surface area contributed by atoms with Crippen molar-refractivity contribution in [2.24, 2.45) is 0 Å². The van der Waals surface area contributed by atoms with Crippen molar-refractivity contribution in [3.8, 4) is 5.75 Å². The fraction of sp³-hybridized carbons (Fsp3) is 0.462. The van der Waals surface area contributed by atoms with Gasteiger partial charge in [0.15, 0.2) is 0 Å². The van der Waals surface area contributed by atoms with E-state index in [-0.39, 0.29) is 17.8 Å². The Kier molecular flexibility index (Phi) is 2.62. The third kappa shape index (κ3) is 1.47. The predicted molar refractivity (Wildman–Crippen MR) is 60.8 cm³/mol. The van der Waals surface area contributed by atoms with Gasteiger partial charge in [0, 0.05) is 5.92 Å². The molecule has 1 aromatic rings. The molecule has 1 N–H and O–H groups in total. The number of benzene rings is 1. The summed E-state index contributed by atoms with van der Waals surface area (Å²) in [6, 6.07) is 3.78. The fourth-order valence-electron chi connectivity index (χ4n) is 2.35. The number of carbonyl (C=O) groups is 1. The number of phenols is 1. The van der Waals surface area contributed by atoms with Crippen LogP contribution in [0.2, 0.25) is 0 Å². The van der Waals surface area contributed by atoms with E-state index < -0.39 is 5.97 Å². The van der Waals surface area contributed by atoms with Crippen LogP contribution >= 0.6 is 0 Å². The highest BCUT2D eigenvalue weighted by Crippen LogP contribution is 2.38. The summed E-state index contributed by atoms with van der Waals surface area (Å²) >= 11 is 0. The summed E-state index contributed by atoms with van der Waals surface area (Å²) in [5, 5.41) is 9.91. The van der Waals surface area contributed by atoms with E-state index in [4.69, 9.17) is 4.74 Å². The quantitative estimate of drug-likeness (QED) is 0.740. The van der Waals surface area contributed by atoms with Crippen LogP contribution in [0.5, 0.6) is 5.75 Å². The number of hydrogen-bond acceptors (Lipinski definition) is 3. The Labute approximate surface area is 95.0 Å². The molecule has 0 aliphatic carbocycles. The molecule has 1 aromatic carbocycles. The Morgan fingerprint density at radius 1 is 1.44 bits per heavy atom. The first-order valence-corrected chi connectivity index (χ1v) is 5.59. The van der Waals surface area contributed by atoms with Gasteiger partial charge in [-0.3, -0.25) is 0 Å². The molecule has 0 aromatic heterocycles. The molecule has 0 bridgehead atoms. The van der Waals surface area contributed by atoms with E-state index in [1.54, 1.807) is 6.92 Å². The van der Waals surface area contributed by atoms with E-state index in [2.05, 4.69) is 6.92 Å². The number of phenolic OH excluding ortho intramolecular Hbond substituents is 1. The first-order valence-electron chi connectivity index (χ1n) is 5.59. The first-order chi connectivity index (χ1) is 7.56. The minimum atomic E-state index is -0.409. The fourth-order valence-corrected chi connectivity index (χ4v) is 2.35. The second kappa shape index (κ2) is 3.81. The molecule has 1 heterocycles. The lowest BCUT2D eigenvalue weighted by atomic mass is 9.85. The minimum Gasteiger partial charge on any atom is -0.507 e. The molecule has 2 atom stereocenters. The van der Waals surface area contributed by atoms with Crippen LogP contribution < -0.4 is 0 Å². The number of ether oxygens (including phenoxy) is 1. The number of aryl methyl sites for hydroxylation is 1. The predicted octanol–water partition coefficient (Wildman–Crippen LogP) is 2.75. The highest BCUT2D eigenvalue weighted by Gasteiger charge is 2.34. The van der Waals surface area contributed by atoms with Gasteiger partial charge in [0.1, 0.15) is 17.4 Å². The van der Waals surface area contributed by atoms with Crippen molar-refractivity contribution in [3.05, 3.63) is 28.8 Å². The van der Waals surface area contributed by atoms with Gasteiger partial charge in [-0.05, 0) is 31.4 Å². The molecule has 3 nitrogen and oxygen atoms in total. The minimum absolute atomic E-state index is 0.0628. The van der Waals surface area contributed by atoms with Crippen LogP contribution in [0.1, 0.15) is 47.7 Å². The summed E-state index contributed by atoms with van der Waals surface area (Å²) in [4.78, 5) is 11.7. The van der Waals surface area contributed by atoms with E-state index >= 15 is 0 Å². The Balaban J connectivity index is 2.63. The largest absolute Gasteiger partial charge is 0.507 e. The molecule has 0 spiro atoms. The molecule has 3 heteroatoms. The molecule has 0 saturated carbocycles. The second-order valence-corrected chi connectivity index (χ2v) is 4.32. The van der Waals surface area contributed by atoms with Crippen LogP contribution in [0, 0.1) is 6.92 Å². The van der Waals surface area contributed by atoms with E-state index in [9.17, 15) is 9.90 Å². The zero-order valence-electron chi connectivity index (χ0n) is 9.78. The van der Waals surface area contributed by atoms with Crippen LogP contribution in [0.3, 0.4) is 0 Å². The zero-order chi connectivity index (χ0) is 11.9. The van der Waals surface area contributed by atoms with Crippen molar-refractivity contribution < 1.29 is 14.6 Å². The molecule has 16 heavy (non-hydrogen) atoms. The van der Waals surface area contributed by atoms with Crippen molar-refractivity contribution in [1.29, 1.82) is 0 Å². The summed E-state index contributed by atoms with van der Waals surface area (Å²) in [6.07, 6.45) is 0.774. The average molecular weight is 220 g/mol. The molecule has 0 unspecified atom stereocenters. The number of aromatic hydroxyl groups is 1. The van der Waals surface area contributed by atoms with Gasteiger partial charge < -0.3 is 9.84 Å². The number of cyclic esters (lactones) is 1. The number of hydrogen-bond donors (Lipinski definition) is 1. The number of fused-ring (bicyclic) bond motifs is 1. The normalized spacial score (nSPS) is 23.8. The average Bonchev–Trinajstić information content (AvgIpc) is 2.23.